The fourth-order valence-electron chi connectivity index (χ4n) is 1.40. The zero-order chi connectivity index (χ0) is 14.1. The normalized spacial score (nSPS) is 11.8. The first-order valence-electron chi connectivity index (χ1n) is 6.22. The quantitative estimate of drug-likeness (QED) is 0.696. The van der Waals surface area contributed by atoms with E-state index in [0.29, 0.717) is 29.5 Å². The summed E-state index contributed by atoms with van der Waals surface area (Å²) in [5.41, 5.74) is 6.26. The Morgan fingerprint density at radius 2 is 2.16 bits per heavy atom. The van der Waals surface area contributed by atoms with Gasteiger partial charge in [-0.05, 0) is 12.1 Å². The molecule has 0 spiro atoms. The first-order chi connectivity index (χ1) is 9.13. The summed E-state index contributed by atoms with van der Waals surface area (Å²) in [6, 6.07) is 7.15. The van der Waals surface area contributed by atoms with Gasteiger partial charge >= 0.3 is 0 Å². The molecule has 3 N–H and O–H groups in total. The van der Waals surface area contributed by atoms with Gasteiger partial charge < -0.3 is 15.8 Å². The second-order valence-electron chi connectivity index (χ2n) is 3.92. The summed E-state index contributed by atoms with van der Waals surface area (Å²) in [5.74, 6) is 1.59. The molecule has 1 aromatic carbocycles. The minimum atomic E-state index is -0.844. The molecular weight excluding hydrogens is 264 g/mol. The summed E-state index contributed by atoms with van der Waals surface area (Å²) >= 11 is 0. The van der Waals surface area contributed by atoms with Gasteiger partial charge in [0.15, 0.2) is 0 Å². The minimum Gasteiger partial charge on any atom is -0.491 e. The van der Waals surface area contributed by atoms with Crippen LogP contribution in [-0.4, -0.2) is 34.8 Å². The Labute approximate surface area is 116 Å². The first-order valence-corrected chi connectivity index (χ1v) is 7.71. The van der Waals surface area contributed by atoms with E-state index in [4.69, 9.17) is 10.5 Å². The summed E-state index contributed by atoms with van der Waals surface area (Å²) in [6.45, 7) is 2.57. The van der Waals surface area contributed by atoms with Gasteiger partial charge in [-0.25, -0.2) is 0 Å². The fourth-order valence-corrected chi connectivity index (χ4v) is 2.02. The SMILES string of the molecule is CCS(=O)CCNC(=O)CCOc1ccccc1N. The molecule has 6 heteroatoms. The molecule has 1 amide bonds. The Morgan fingerprint density at radius 1 is 1.42 bits per heavy atom. The van der Waals surface area contributed by atoms with Crippen LogP contribution in [0.5, 0.6) is 5.75 Å². The van der Waals surface area contributed by atoms with Crippen molar-refractivity contribution < 1.29 is 13.7 Å². The van der Waals surface area contributed by atoms with Gasteiger partial charge in [0.2, 0.25) is 5.91 Å². The van der Waals surface area contributed by atoms with E-state index in [2.05, 4.69) is 5.32 Å². The first kappa shape index (κ1) is 15.5. The van der Waals surface area contributed by atoms with E-state index < -0.39 is 10.8 Å². The van der Waals surface area contributed by atoms with Crippen LogP contribution in [0.3, 0.4) is 0 Å². The van der Waals surface area contributed by atoms with Crippen LogP contribution in [0.25, 0.3) is 0 Å². The molecule has 1 rings (SSSR count). The van der Waals surface area contributed by atoms with Crippen LogP contribution in [0.4, 0.5) is 5.69 Å². The van der Waals surface area contributed by atoms with Crippen LogP contribution in [0.15, 0.2) is 24.3 Å². The van der Waals surface area contributed by atoms with Crippen molar-refractivity contribution in [2.24, 2.45) is 0 Å². The maximum atomic E-state index is 11.5. The van der Waals surface area contributed by atoms with Crippen LogP contribution in [-0.2, 0) is 15.6 Å². The van der Waals surface area contributed by atoms with Crippen molar-refractivity contribution in [2.45, 2.75) is 13.3 Å². The van der Waals surface area contributed by atoms with Crippen LogP contribution in [0.2, 0.25) is 0 Å². The molecule has 19 heavy (non-hydrogen) atoms. The monoisotopic (exact) mass is 284 g/mol. The van der Waals surface area contributed by atoms with Gasteiger partial charge in [-0.15, -0.1) is 0 Å². The predicted octanol–water partition coefficient (Wildman–Crippen LogP) is 0.922. The van der Waals surface area contributed by atoms with Crippen LogP contribution < -0.4 is 15.8 Å². The van der Waals surface area contributed by atoms with Crippen molar-refractivity contribution in [3.63, 3.8) is 0 Å². The predicted molar refractivity (Wildman–Crippen MR) is 77.5 cm³/mol. The third kappa shape index (κ3) is 6.24. The molecule has 0 aliphatic rings. The third-order valence-corrected chi connectivity index (χ3v) is 3.78. The number of ether oxygens (including phenoxy) is 1. The number of hydrogen-bond acceptors (Lipinski definition) is 4. The molecule has 0 aliphatic heterocycles. The van der Waals surface area contributed by atoms with Gasteiger partial charge in [0.25, 0.3) is 0 Å². The lowest BCUT2D eigenvalue weighted by atomic mass is 10.3. The van der Waals surface area contributed by atoms with E-state index >= 15 is 0 Å². The number of benzene rings is 1. The molecule has 0 saturated carbocycles. The molecule has 0 aromatic heterocycles. The Bertz CT molecular complexity index is 438. The molecule has 0 aliphatic carbocycles. The molecule has 1 atom stereocenters. The van der Waals surface area contributed by atoms with E-state index in [0.717, 1.165) is 0 Å². The Balaban J connectivity index is 2.17. The largest absolute Gasteiger partial charge is 0.491 e. The minimum absolute atomic E-state index is 0.109. The van der Waals surface area contributed by atoms with Crippen molar-refractivity contribution in [3.8, 4) is 5.75 Å². The summed E-state index contributed by atoms with van der Waals surface area (Å²) in [4.78, 5) is 11.5. The van der Waals surface area contributed by atoms with Crippen molar-refractivity contribution in [2.75, 3.05) is 30.4 Å². The van der Waals surface area contributed by atoms with Crippen LogP contribution >= 0.6 is 0 Å². The fraction of sp³-hybridized carbons (Fsp3) is 0.462. The average molecular weight is 284 g/mol. The Morgan fingerprint density at radius 3 is 2.84 bits per heavy atom. The van der Waals surface area contributed by atoms with Gasteiger partial charge in [-0.2, -0.15) is 0 Å². The summed E-state index contributed by atoms with van der Waals surface area (Å²) in [5, 5.41) is 2.71. The number of nitrogen functional groups attached to an aromatic ring is 1. The molecule has 0 heterocycles. The summed E-state index contributed by atoms with van der Waals surface area (Å²) < 4.78 is 16.6. The highest BCUT2D eigenvalue weighted by Crippen LogP contribution is 2.19. The zero-order valence-corrected chi connectivity index (χ0v) is 11.9. The van der Waals surface area contributed by atoms with Gasteiger partial charge in [0.05, 0.1) is 18.7 Å². The molecule has 0 radical (unpaired) electrons. The van der Waals surface area contributed by atoms with Crippen molar-refractivity contribution in [3.05, 3.63) is 24.3 Å². The smallest absolute Gasteiger partial charge is 0.223 e. The molecule has 5 nitrogen and oxygen atoms in total. The third-order valence-electron chi connectivity index (χ3n) is 2.48. The Hall–Kier alpha value is -1.56. The van der Waals surface area contributed by atoms with E-state index in [1.54, 1.807) is 12.1 Å². The van der Waals surface area contributed by atoms with Gasteiger partial charge in [0, 0.05) is 28.9 Å². The van der Waals surface area contributed by atoms with Crippen LogP contribution in [0, 0.1) is 0 Å². The van der Waals surface area contributed by atoms with Crippen molar-refractivity contribution in [1.82, 2.24) is 5.32 Å². The highest BCUT2D eigenvalue weighted by Gasteiger charge is 2.04. The number of carbonyl (C=O) groups is 1. The van der Waals surface area contributed by atoms with Crippen molar-refractivity contribution in [1.29, 1.82) is 0 Å². The molecular formula is C13H20N2O3S. The number of hydrogen-bond donors (Lipinski definition) is 2. The number of para-hydroxylation sites is 2. The second kappa shape index (κ2) is 8.53. The van der Waals surface area contributed by atoms with Gasteiger partial charge in [-0.3, -0.25) is 9.00 Å². The number of nitrogens with two attached hydrogens (primary N) is 1. The zero-order valence-electron chi connectivity index (χ0n) is 11.1. The van der Waals surface area contributed by atoms with Gasteiger partial charge in [-0.1, -0.05) is 19.1 Å². The summed E-state index contributed by atoms with van der Waals surface area (Å²) in [7, 11) is -0.844. The highest BCUT2D eigenvalue weighted by atomic mass is 32.2. The lowest BCUT2D eigenvalue weighted by Crippen LogP contribution is -2.29. The van der Waals surface area contributed by atoms with E-state index in [1.165, 1.54) is 0 Å². The average Bonchev–Trinajstić information content (AvgIpc) is 2.40. The lowest BCUT2D eigenvalue weighted by Gasteiger charge is -2.08. The van der Waals surface area contributed by atoms with Crippen LogP contribution in [0.1, 0.15) is 13.3 Å². The number of rotatable bonds is 8. The molecule has 106 valence electrons. The molecule has 0 saturated heterocycles. The highest BCUT2D eigenvalue weighted by molar-refractivity contribution is 7.84. The van der Waals surface area contributed by atoms with E-state index in [-0.39, 0.29) is 18.9 Å². The van der Waals surface area contributed by atoms with E-state index in [1.807, 2.05) is 19.1 Å². The topological polar surface area (TPSA) is 81.4 Å². The molecule has 1 aromatic rings. The summed E-state index contributed by atoms with van der Waals surface area (Å²) in [6.07, 6.45) is 0.257. The maximum Gasteiger partial charge on any atom is 0.223 e. The molecule has 0 bridgehead atoms. The number of carbonyl (C=O) groups excluding carboxylic acids is 1. The van der Waals surface area contributed by atoms with Gasteiger partial charge in [0.1, 0.15) is 5.75 Å². The standard InChI is InChI=1S/C13H20N2O3S/c1-2-19(17)10-8-15-13(16)7-9-18-12-6-4-3-5-11(12)14/h3-6H,2,7-10,14H2,1H3,(H,15,16). The molecule has 0 fully saturated rings. The maximum absolute atomic E-state index is 11.5. The number of nitrogens with one attached hydrogen (secondary N) is 1. The number of anilines is 1. The van der Waals surface area contributed by atoms with Crippen molar-refractivity contribution >= 4 is 22.4 Å². The lowest BCUT2D eigenvalue weighted by molar-refractivity contribution is -0.121. The van der Waals surface area contributed by atoms with E-state index in [9.17, 15) is 9.00 Å². The second-order valence-corrected chi connectivity index (χ2v) is 5.78. The molecule has 1 unspecified atom stereocenters. The Kier molecular flexibility index (Phi) is 6.95. The number of amides is 1.